The Balaban J connectivity index is 2.94. The molecule has 0 aliphatic heterocycles. The Morgan fingerprint density at radius 1 is 1.36 bits per heavy atom. The molecule has 0 unspecified atom stereocenters. The van der Waals surface area contributed by atoms with E-state index in [1.165, 1.54) is 23.2 Å². The third-order valence-corrected chi connectivity index (χ3v) is 1.55. The fraction of sp³-hybridized carbons (Fsp3) is 0.222. The standard InChI is InChI=1S/C9H12N2O3/c1-11(2)10-9(14)7-5-6(12)3-4-8(7)13/h3-5,12-13H,1-2H3,(H,10,14). The molecule has 0 aromatic heterocycles. The van der Waals surface area contributed by atoms with Gasteiger partial charge >= 0.3 is 0 Å². The number of hydrogen-bond acceptors (Lipinski definition) is 4. The minimum absolute atomic E-state index is 0.0405. The predicted molar refractivity (Wildman–Crippen MR) is 50.9 cm³/mol. The second kappa shape index (κ2) is 3.97. The smallest absolute Gasteiger partial charge is 0.269 e. The zero-order valence-electron chi connectivity index (χ0n) is 7.98. The number of amides is 1. The Bertz CT molecular complexity index is 350. The molecule has 3 N–H and O–H groups in total. The van der Waals surface area contributed by atoms with Gasteiger partial charge in [-0.05, 0) is 18.2 Å². The van der Waals surface area contributed by atoms with Crippen LogP contribution in [0.4, 0.5) is 0 Å². The first kappa shape index (κ1) is 10.3. The van der Waals surface area contributed by atoms with E-state index in [1.54, 1.807) is 14.1 Å². The molecule has 0 fully saturated rings. The van der Waals surface area contributed by atoms with Gasteiger partial charge < -0.3 is 10.2 Å². The van der Waals surface area contributed by atoms with Gasteiger partial charge in [0.25, 0.3) is 5.91 Å². The van der Waals surface area contributed by atoms with Gasteiger partial charge in [0.2, 0.25) is 0 Å². The molecule has 76 valence electrons. The number of nitrogens with zero attached hydrogens (tertiary/aromatic N) is 1. The van der Waals surface area contributed by atoms with E-state index in [1.807, 2.05) is 0 Å². The number of phenolic OH excluding ortho intramolecular Hbond substituents is 2. The first-order valence-corrected chi connectivity index (χ1v) is 4.01. The molecule has 5 nitrogen and oxygen atoms in total. The Morgan fingerprint density at radius 3 is 2.57 bits per heavy atom. The molecule has 1 amide bonds. The van der Waals surface area contributed by atoms with Crippen molar-refractivity contribution >= 4 is 5.91 Å². The van der Waals surface area contributed by atoms with Gasteiger partial charge in [-0.1, -0.05) is 0 Å². The summed E-state index contributed by atoms with van der Waals surface area (Å²) in [6.45, 7) is 0. The topological polar surface area (TPSA) is 72.8 Å². The van der Waals surface area contributed by atoms with Crippen LogP contribution in [0.15, 0.2) is 18.2 Å². The lowest BCUT2D eigenvalue weighted by molar-refractivity contribution is 0.0853. The van der Waals surface area contributed by atoms with Crippen molar-refractivity contribution in [2.75, 3.05) is 14.1 Å². The van der Waals surface area contributed by atoms with Crippen LogP contribution < -0.4 is 5.43 Å². The van der Waals surface area contributed by atoms with E-state index >= 15 is 0 Å². The predicted octanol–water partition coefficient (Wildman–Crippen LogP) is 0.304. The first-order valence-electron chi connectivity index (χ1n) is 4.01. The lowest BCUT2D eigenvalue weighted by atomic mass is 10.2. The van der Waals surface area contributed by atoms with Gasteiger partial charge in [0.1, 0.15) is 11.5 Å². The summed E-state index contributed by atoms with van der Waals surface area (Å²) >= 11 is 0. The molecule has 1 aromatic carbocycles. The van der Waals surface area contributed by atoms with Crippen LogP contribution in [0.3, 0.4) is 0 Å². The van der Waals surface area contributed by atoms with E-state index in [-0.39, 0.29) is 17.1 Å². The first-order chi connectivity index (χ1) is 6.50. The summed E-state index contributed by atoms with van der Waals surface area (Å²) in [7, 11) is 3.30. The Morgan fingerprint density at radius 2 is 2.00 bits per heavy atom. The molecule has 0 heterocycles. The lowest BCUT2D eigenvalue weighted by Gasteiger charge is -2.12. The number of hydrazine groups is 1. The lowest BCUT2D eigenvalue weighted by Crippen LogP contribution is -2.36. The van der Waals surface area contributed by atoms with Gasteiger partial charge in [-0.15, -0.1) is 0 Å². The average Bonchev–Trinajstić information content (AvgIpc) is 2.08. The SMILES string of the molecule is CN(C)NC(=O)c1cc(O)ccc1O. The second-order valence-electron chi connectivity index (χ2n) is 3.04. The number of carbonyl (C=O) groups is 1. The molecule has 14 heavy (non-hydrogen) atoms. The van der Waals surface area contributed by atoms with Gasteiger partial charge in [-0.2, -0.15) is 0 Å². The molecule has 1 aromatic rings. The third kappa shape index (κ3) is 2.37. The summed E-state index contributed by atoms with van der Waals surface area (Å²) < 4.78 is 0. The minimum Gasteiger partial charge on any atom is -0.508 e. The molecule has 0 aliphatic rings. The summed E-state index contributed by atoms with van der Waals surface area (Å²) in [6.07, 6.45) is 0. The van der Waals surface area contributed by atoms with Crippen molar-refractivity contribution in [1.82, 2.24) is 10.4 Å². The van der Waals surface area contributed by atoms with Gasteiger partial charge in [0.05, 0.1) is 5.56 Å². The van der Waals surface area contributed by atoms with Crippen LogP contribution in [0, 0.1) is 0 Å². The number of rotatable bonds is 2. The van der Waals surface area contributed by atoms with Gasteiger partial charge in [-0.3, -0.25) is 10.2 Å². The molecule has 0 saturated carbocycles. The maximum absolute atomic E-state index is 11.4. The average molecular weight is 196 g/mol. The van der Waals surface area contributed by atoms with Gasteiger partial charge in [-0.25, -0.2) is 5.01 Å². The molecule has 5 heteroatoms. The van der Waals surface area contributed by atoms with E-state index in [0.717, 1.165) is 0 Å². The van der Waals surface area contributed by atoms with Gasteiger partial charge in [0, 0.05) is 14.1 Å². The highest BCUT2D eigenvalue weighted by Gasteiger charge is 2.11. The summed E-state index contributed by atoms with van der Waals surface area (Å²) in [5.41, 5.74) is 2.49. The van der Waals surface area contributed by atoms with Crippen molar-refractivity contribution in [2.24, 2.45) is 0 Å². The maximum Gasteiger partial charge on any atom is 0.269 e. The molecule has 0 bridgehead atoms. The van der Waals surface area contributed by atoms with Crippen LogP contribution in [0.1, 0.15) is 10.4 Å². The van der Waals surface area contributed by atoms with Crippen molar-refractivity contribution < 1.29 is 15.0 Å². The van der Waals surface area contributed by atoms with Crippen LogP contribution in [-0.4, -0.2) is 35.2 Å². The van der Waals surface area contributed by atoms with Crippen LogP contribution in [0.5, 0.6) is 11.5 Å². The highest BCUT2D eigenvalue weighted by molar-refractivity contribution is 5.96. The Labute approximate surface area is 81.6 Å². The molecular formula is C9H12N2O3. The van der Waals surface area contributed by atoms with E-state index in [0.29, 0.717) is 0 Å². The quantitative estimate of drug-likeness (QED) is 0.470. The van der Waals surface area contributed by atoms with E-state index < -0.39 is 5.91 Å². The van der Waals surface area contributed by atoms with Crippen molar-refractivity contribution in [3.63, 3.8) is 0 Å². The summed E-state index contributed by atoms with van der Waals surface area (Å²) in [5.74, 6) is -0.697. The fourth-order valence-corrected chi connectivity index (χ4v) is 0.969. The zero-order valence-corrected chi connectivity index (χ0v) is 7.98. The summed E-state index contributed by atoms with van der Waals surface area (Å²) in [4.78, 5) is 11.4. The monoisotopic (exact) mass is 196 g/mol. The molecular weight excluding hydrogens is 184 g/mol. The van der Waals surface area contributed by atoms with Crippen molar-refractivity contribution in [2.45, 2.75) is 0 Å². The van der Waals surface area contributed by atoms with Gasteiger partial charge in [0.15, 0.2) is 0 Å². The normalized spacial score (nSPS) is 10.2. The van der Waals surface area contributed by atoms with Crippen LogP contribution in [-0.2, 0) is 0 Å². The number of phenols is 2. The third-order valence-electron chi connectivity index (χ3n) is 1.55. The maximum atomic E-state index is 11.4. The summed E-state index contributed by atoms with van der Waals surface area (Å²) in [5, 5.41) is 19.9. The van der Waals surface area contributed by atoms with Crippen LogP contribution >= 0.6 is 0 Å². The molecule has 0 atom stereocenters. The Kier molecular flexibility index (Phi) is 2.93. The van der Waals surface area contributed by atoms with E-state index in [9.17, 15) is 9.90 Å². The van der Waals surface area contributed by atoms with E-state index in [2.05, 4.69) is 5.43 Å². The number of carbonyl (C=O) groups excluding carboxylic acids is 1. The fourth-order valence-electron chi connectivity index (χ4n) is 0.969. The Hall–Kier alpha value is -1.75. The van der Waals surface area contributed by atoms with Crippen LogP contribution in [0.2, 0.25) is 0 Å². The number of benzene rings is 1. The second-order valence-corrected chi connectivity index (χ2v) is 3.04. The number of hydrogen-bond donors (Lipinski definition) is 3. The number of aromatic hydroxyl groups is 2. The van der Waals surface area contributed by atoms with Crippen molar-refractivity contribution in [3.8, 4) is 11.5 Å². The highest BCUT2D eigenvalue weighted by atomic mass is 16.3. The summed E-state index contributed by atoms with van der Waals surface area (Å²) in [6, 6.07) is 3.77. The zero-order chi connectivity index (χ0) is 10.7. The molecule has 0 saturated heterocycles. The molecule has 1 rings (SSSR count). The number of nitrogens with one attached hydrogen (secondary N) is 1. The minimum atomic E-state index is -0.469. The molecule has 0 aliphatic carbocycles. The molecule has 0 radical (unpaired) electrons. The van der Waals surface area contributed by atoms with E-state index in [4.69, 9.17) is 5.11 Å². The van der Waals surface area contributed by atoms with Crippen LogP contribution in [0.25, 0.3) is 0 Å². The highest BCUT2D eigenvalue weighted by Crippen LogP contribution is 2.21. The largest absolute Gasteiger partial charge is 0.508 e. The van der Waals surface area contributed by atoms with Crippen molar-refractivity contribution in [1.29, 1.82) is 0 Å². The molecule has 0 spiro atoms. The van der Waals surface area contributed by atoms with Crippen molar-refractivity contribution in [3.05, 3.63) is 23.8 Å².